The van der Waals surface area contributed by atoms with Gasteiger partial charge >= 0.3 is 0 Å². The van der Waals surface area contributed by atoms with Crippen molar-refractivity contribution >= 4 is 33.9 Å². The number of nitrogen functional groups attached to an aromatic ring is 1. The van der Waals surface area contributed by atoms with Crippen molar-refractivity contribution in [1.29, 1.82) is 0 Å². The molecule has 168 valence electrons. The molecule has 3 heterocycles. The van der Waals surface area contributed by atoms with Crippen molar-refractivity contribution in [2.24, 2.45) is 5.73 Å². The summed E-state index contributed by atoms with van der Waals surface area (Å²) in [6, 6.07) is 11.3. The monoisotopic (exact) mass is 461 g/mol. The number of hydrogen-bond acceptors (Lipinski definition) is 5. The zero-order valence-electron chi connectivity index (χ0n) is 18.4. The smallest absolute Gasteiger partial charge is 0.124 e. The molecule has 7 heteroatoms. The molecule has 0 saturated carbocycles. The number of aromatic nitrogens is 2. The Morgan fingerprint density at radius 2 is 1.79 bits per heavy atom. The summed E-state index contributed by atoms with van der Waals surface area (Å²) in [5.74, 6) is -0.261. The quantitative estimate of drug-likeness (QED) is 0.416. The highest BCUT2D eigenvalue weighted by Crippen LogP contribution is 2.40. The standard InChI is InChI=1S/C26H25ClFN5/c1-15-8-17(10-18(28)9-15)22-13-32-24-3-2-16(21-12-31-14-23(27)25(21)30)11-20(24)26(22)33-6-4-19(29)5-7-33/h2-3,8-14,19H,4-7,29H2,1H3,(H2,30,31). The largest absolute Gasteiger partial charge is 0.397 e. The minimum atomic E-state index is -0.261. The van der Waals surface area contributed by atoms with Gasteiger partial charge in [-0.05, 0) is 60.7 Å². The van der Waals surface area contributed by atoms with E-state index in [4.69, 9.17) is 28.1 Å². The second-order valence-corrected chi connectivity index (χ2v) is 9.08. The van der Waals surface area contributed by atoms with E-state index < -0.39 is 0 Å². The molecule has 1 saturated heterocycles. The number of nitrogens with zero attached hydrogens (tertiary/aromatic N) is 3. The van der Waals surface area contributed by atoms with Gasteiger partial charge in [-0.1, -0.05) is 23.7 Å². The summed E-state index contributed by atoms with van der Waals surface area (Å²) < 4.78 is 14.3. The van der Waals surface area contributed by atoms with Gasteiger partial charge in [0.25, 0.3) is 0 Å². The van der Waals surface area contributed by atoms with Gasteiger partial charge in [0.2, 0.25) is 0 Å². The van der Waals surface area contributed by atoms with Crippen LogP contribution in [0.3, 0.4) is 0 Å². The van der Waals surface area contributed by atoms with Crippen LogP contribution in [0.25, 0.3) is 33.2 Å². The molecule has 0 spiro atoms. The zero-order chi connectivity index (χ0) is 23.1. The summed E-state index contributed by atoms with van der Waals surface area (Å²) in [5, 5.41) is 1.39. The van der Waals surface area contributed by atoms with E-state index in [0.29, 0.717) is 10.7 Å². The number of rotatable bonds is 3. The second kappa shape index (κ2) is 8.61. The number of piperidine rings is 1. The first kappa shape index (κ1) is 21.6. The normalized spacial score (nSPS) is 14.7. The number of benzene rings is 2. The molecule has 1 aliphatic heterocycles. The average Bonchev–Trinajstić information content (AvgIpc) is 2.80. The lowest BCUT2D eigenvalue weighted by Gasteiger charge is -2.34. The van der Waals surface area contributed by atoms with E-state index in [0.717, 1.165) is 70.3 Å². The number of halogens is 2. The number of anilines is 2. The van der Waals surface area contributed by atoms with E-state index in [9.17, 15) is 4.39 Å². The zero-order valence-corrected chi connectivity index (χ0v) is 19.1. The summed E-state index contributed by atoms with van der Waals surface area (Å²) in [6.45, 7) is 3.55. The lowest BCUT2D eigenvalue weighted by molar-refractivity contribution is 0.502. The molecule has 5 rings (SSSR count). The van der Waals surface area contributed by atoms with Crippen LogP contribution in [-0.2, 0) is 0 Å². The van der Waals surface area contributed by atoms with Crippen molar-refractivity contribution in [1.82, 2.24) is 9.97 Å². The van der Waals surface area contributed by atoms with Crippen molar-refractivity contribution in [3.8, 4) is 22.3 Å². The maximum absolute atomic E-state index is 14.3. The molecule has 4 aromatic rings. The SMILES string of the molecule is Cc1cc(F)cc(-c2cnc3ccc(-c4cncc(Cl)c4N)cc3c2N2CCC(N)CC2)c1. The Balaban J connectivity index is 1.76. The second-order valence-electron chi connectivity index (χ2n) is 8.68. The molecule has 0 atom stereocenters. The van der Waals surface area contributed by atoms with E-state index in [2.05, 4.69) is 16.0 Å². The van der Waals surface area contributed by atoms with Crippen molar-refractivity contribution in [3.63, 3.8) is 0 Å². The Morgan fingerprint density at radius 3 is 2.55 bits per heavy atom. The fourth-order valence-corrected chi connectivity index (χ4v) is 4.75. The third kappa shape index (κ3) is 4.12. The van der Waals surface area contributed by atoms with E-state index >= 15 is 0 Å². The Hall–Kier alpha value is -3.22. The molecule has 1 aliphatic rings. The lowest BCUT2D eigenvalue weighted by atomic mass is 9.95. The predicted molar refractivity (Wildman–Crippen MR) is 134 cm³/mol. The Bertz CT molecular complexity index is 1330. The fourth-order valence-electron chi connectivity index (χ4n) is 4.59. The third-order valence-electron chi connectivity index (χ3n) is 6.30. The molecular weight excluding hydrogens is 437 g/mol. The molecule has 0 amide bonds. The topological polar surface area (TPSA) is 81.1 Å². The number of nitrogens with two attached hydrogens (primary N) is 2. The molecule has 0 aliphatic carbocycles. The first-order valence-electron chi connectivity index (χ1n) is 11.0. The summed E-state index contributed by atoms with van der Waals surface area (Å²) >= 11 is 6.23. The van der Waals surface area contributed by atoms with E-state index in [-0.39, 0.29) is 11.9 Å². The van der Waals surface area contributed by atoms with Crippen LogP contribution in [0.5, 0.6) is 0 Å². The predicted octanol–water partition coefficient (Wildman–Crippen LogP) is 5.57. The van der Waals surface area contributed by atoms with E-state index in [1.54, 1.807) is 12.3 Å². The third-order valence-corrected chi connectivity index (χ3v) is 6.60. The highest BCUT2D eigenvalue weighted by molar-refractivity contribution is 6.33. The molecule has 33 heavy (non-hydrogen) atoms. The summed E-state index contributed by atoms with van der Waals surface area (Å²) in [5.41, 5.74) is 19.1. The highest BCUT2D eigenvalue weighted by atomic mass is 35.5. The molecule has 0 bridgehead atoms. The minimum absolute atomic E-state index is 0.196. The molecule has 2 aromatic carbocycles. The number of fused-ring (bicyclic) bond motifs is 1. The molecule has 0 radical (unpaired) electrons. The van der Waals surface area contributed by atoms with Gasteiger partial charge in [-0.3, -0.25) is 9.97 Å². The van der Waals surface area contributed by atoms with Crippen LogP contribution in [0, 0.1) is 12.7 Å². The molecule has 5 nitrogen and oxygen atoms in total. The minimum Gasteiger partial charge on any atom is -0.397 e. The van der Waals surface area contributed by atoms with Gasteiger partial charge in [0.1, 0.15) is 5.82 Å². The van der Waals surface area contributed by atoms with Crippen LogP contribution >= 0.6 is 11.6 Å². The van der Waals surface area contributed by atoms with Gasteiger partial charge in [0.15, 0.2) is 0 Å². The van der Waals surface area contributed by atoms with Crippen molar-refractivity contribution in [3.05, 3.63) is 71.4 Å². The number of hydrogen-bond donors (Lipinski definition) is 2. The number of aryl methyl sites for hydroxylation is 1. The number of pyridine rings is 2. The van der Waals surface area contributed by atoms with Crippen LogP contribution in [0.4, 0.5) is 15.8 Å². The Morgan fingerprint density at radius 1 is 1.00 bits per heavy atom. The van der Waals surface area contributed by atoms with Gasteiger partial charge in [-0.15, -0.1) is 0 Å². The summed E-state index contributed by atoms with van der Waals surface area (Å²) in [4.78, 5) is 11.3. The first-order valence-corrected chi connectivity index (χ1v) is 11.4. The van der Waals surface area contributed by atoms with Crippen LogP contribution in [0.15, 0.2) is 55.0 Å². The molecule has 2 aromatic heterocycles. The van der Waals surface area contributed by atoms with Crippen LogP contribution in [-0.4, -0.2) is 29.1 Å². The average molecular weight is 462 g/mol. The Kier molecular flexibility index (Phi) is 5.64. The van der Waals surface area contributed by atoms with Crippen molar-refractivity contribution < 1.29 is 4.39 Å². The summed E-state index contributed by atoms with van der Waals surface area (Å²) in [6.07, 6.45) is 6.90. The lowest BCUT2D eigenvalue weighted by Crippen LogP contribution is -2.40. The van der Waals surface area contributed by atoms with Crippen LogP contribution in [0.2, 0.25) is 5.02 Å². The maximum Gasteiger partial charge on any atom is 0.124 e. The molecule has 4 N–H and O–H groups in total. The molecule has 1 fully saturated rings. The molecule has 0 unspecified atom stereocenters. The van der Waals surface area contributed by atoms with Crippen LogP contribution < -0.4 is 16.4 Å². The van der Waals surface area contributed by atoms with Crippen molar-refractivity contribution in [2.45, 2.75) is 25.8 Å². The summed E-state index contributed by atoms with van der Waals surface area (Å²) in [7, 11) is 0. The van der Waals surface area contributed by atoms with Crippen molar-refractivity contribution in [2.75, 3.05) is 23.7 Å². The fraction of sp³-hybridized carbons (Fsp3) is 0.231. The van der Waals surface area contributed by atoms with Gasteiger partial charge in [-0.2, -0.15) is 0 Å². The van der Waals surface area contributed by atoms with Gasteiger partial charge in [0, 0.05) is 54.2 Å². The van der Waals surface area contributed by atoms with E-state index in [1.807, 2.05) is 31.3 Å². The van der Waals surface area contributed by atoms with Gasteiger partial charge < -0.3 is 16.4 Å². The van der Waals surface area contributed by atoms with E-state index in [1.165, 1.54) is 12.3 Å². The van der Waals surface area contributed by atoms with Gasteiger partial charge in [0.05, 0.1) is 21.9 Å². The van der Waals surface area contributed by atoms with Crippen LogP contribution in [0.1, 0.15) is 18.4 Å². The Labute approximate surface area is 197 Å². The van der Waals surface area contributed by atoms with Gasteiger partial charge in [-0.25, -0.2) is 4.39 Å². The first-order chi connectivity index (χ1) is 15.9. The maximum atomic E-state index is 14.3. The highest BCUT2D eigenvalue weighted by Gasteiger charge is 2.23. The molecular formula is C26H25ClFN5.